The molecule has 0 radical (unpaired) electrons. The fourth-order valence-corrected chi connectivity index (χ4v) is 4.48. The molecule has 0 saturated heterocycles. The molecule has 192 valence electrons. The van der Waals surface area contributed by atoms with E-state index < -0.39 is 5.91 Å². The van der Waals surface area contributed by atoms with Gasteiger partial charge < -0.3 is 18.9 Å². The standard InChI is InChI=1S/C27H26FN3O5S/c1-16(2)36-20-9-6-18(7-10-20)26(32)31(27-30-21-11-8-19(28)14-24(21)37-27)29-15-17-12-22(33-3)25(35-5)23(13-17)34-4/h6-16H,1-5H3/b29-15+. The maximum Gasteiger partial charge on any atom is 0.280 e. The van der Waals surface area contributed by atoms with Gasteiger partial charge in [0.1, 0.15) is 11.6 Å². The van der Waals surface area contributed by atoms with E-state index in [0.717, 1.165) is 11.3 Å². The highest BCUT2D eigenvalue weighted by atomic mass is 32.1. The lowest BCUT2D eigenvalue weighted by atomic mass is 10.2. The van der Waals surface area contributed by atoms with Crippen LogP contribution in [0.15, 0.2) is 59.7 Å². The van der Waals surface area contributed by atoms with E-state index in [1.807, 2.05) is 13.8 Å². The van der Waals surface area contributed by atoms with Crippen LogP contribution >= 0.6 is 11.3 Å². The van der Waals surface area contributed by atoms with Gasteiger partial charge in [-0.15, -0.1) is 0 Å². The van der Waals surface area contributed by atoms with Crippen LogP contribution in [-0.2, 0) is 0 Å². The Morgan fingerprint density at radius 1 is 1.00 bits per heavy atom. The van der Waals surface area contributed by atoms with Crippen molar-refractivity contribution < 1.29 is 28.1 Å². The summed E-state index contributed by atoms with van der Waals surface area (Å²) in [6.07, 6.45) is 1.50. The Kier molecular flexibility index (Phi) is 7.88. The third kappa shape index (κ3) is 5.80. The van der Waals surface area contributed by atoms with Gasteiger partial charge in [0.05, 0.1) is 43.9 Å². The Morgan fingerprint density at radius 2 is 1.68 bits per heavy atom. The van der Waals surface area contributed by atoms with E-state index in [1.54, 1.807) is 42.5 Å². The van der Waals surface area contributed by atoms with Crippen molar-refractivity contribution in [2.75, 3.05) is 26.3 Å². The first-order chi connectivity index (χ1) is 17.8. The maximum absolute atomic E-state index is 13.8. The molecular formula is C27H26FN3O5S. The summed E-state index contributed by atoms with van der Waals surface area (Å²) in [6, 6.07) is 14.5. The molecule has 37 heavy (non-hydrogen) atoms. The number of halogens is 1. The molecule has 0 aliphatic carbocycles. The number of rotatable bonds is 9. The predicted octanol–water partition coefficient (Wildman–Crippen LogP) is 5.93. The molecule has 10 heteroatoms. The highest BCUT2D eigenvalue weighted by molar-refractivity contribution is 7.22. The van der Waals surface area contributed by atoms with E-state index in [0.29, 0.717) is 44.3 Å². The van der Waals surface area contributed by atoms with Crippen LogP contribution in [0.2, 0.25) is 0 Å². The van der Waals surface area contributed by atoms with Crippen molar-refractivity contribution in [3.8, 4) is 23.0 Å². The van der Waals surface area contributed by atoms with Crippen LogP contribution in [0.4, 0.5) is 9.52 Å². The lowest BCUT2D eigenvalue weighted by Crippen LogP contribution is -2.25. The van der Waals surface area contributed by atoms with Crippen LogP contribution in [0.3, 0.4) is 0 Å². The van der Waals surface area contributed by atoms with Gasteiger partial charge in [-0.25, -0.2) is 9.37 Å². The van der Waals surface area contributed by atoms with Crippen molar-refractivity contribution in [2.45, 2.75) is 20.0 Å². The lowest BCUT2D eigenvalue weighted by molar-refractivity contribution is 0.0988. The van der Waals surface area contributed by atoms with E-state index in [1.165, 1.54) is 44.7 Å². The number of fused-ring (bicyclic) bond motifs is 1. The van der Waals surface area contributed by atoms with Crippen molar-refractivity contribution in [3.63, 3.8) is 0 Å². The summed E-state index contributed by atoms with van der Waals surface area (Å²) >= 11 is 1.16. The Balaban J connectivity index is 1.75. The summed E-state index contributed by atoms with van der Waals surface area (Å²) in [6.45, 7) is 3.85. The molecule has 0 saturated carbocycles. The summed E-state index contributed by atoms with van der Waals surface area (Å²) in [5.74, 6) is 1.16. The number of aromatic nitrogens is 1. The first-order valence-corrected chi connectivity index (χ1v) is 12.2. The molecule has 0 fully saturated rings. The van der Waals surface area contributed by atoms with Crippen LogP contribution in [-0.4, -0.2) is 44.5 Å². The summed E-state index contributed by atoms with van der Waals surface area (Å²) in [5, 5.41) is 5.94. The number of ether oxygens (including phenoxy) is 4. The second-order valence-electron chi connectivity index (χ2n) is 8.12. The molecule has 0 unspecified atom stereocenters. The van der Waals surface area contributed by atoms with Crippen molar-refractivity contribution in [3.05, 3.63) is 71.5 Å². The number of hydrazone groups is 1. The molecule has 4 aromatic rings. The summed E-state index contributed by atoms with van der Waals surface area (Å²) in [4.78, 5) is 18.1. The number of anilines is 1. The first-order valence-electron chi connectivity index (χ1n) is 11.3. The molecule has 0 aliphatic heterocycles. The largest absolute Gasteiger partial charge is 0.493 e. The van der Waals surface area contributed by atoms with Crippen LogP contribution in [0.1, 0.15) is 29.8 Å². The van der Waals surface area contributed by atoms with Gasteiger partial charge in [-0.2, -0.15) is 10.1 Å². The molecule has 0 aliphatic rings. The number of hydrogen-bond donors (Lipinski definition) is 0. The normalized spacial score (nSPS) is 11.2. The zero-order chi connectivity index (χ0) is 26.5. The van der Waals surface area contributed by atoms with Gasteiger partial charge in [-0.05, 0) is 68.4 Å². The van der Waals surface area contributed by atoms with Gasteiger partial charge in [-0.3, -0.25) is 4.79 Å². The van der Waals surface area contributed by atoms with E-state index in [-0.39, 0.29) is 17.1 Å². The summed E-state index contributed by atoms with van der Waals surface area (Å²) in [5.41, 5.74) is 1.53. The fourth-order valence-electron chi connectivity index (χ4n) is 3.54. The molecule has 4 rings (SSSR count). The minimum absolute atomic E-state index is 0.00396. The molecule has 3 aromatic carbocycles. The number of nitrogens with zero attached hydrogens (tertiary/aromatic N) is 3. The zero-order valence-corrected chi connectivity index (χ0v) is 21.8. The van der Waals surface area contributed by atoms with Gasteiger partial charge >= 0.3 is 0 Å². The average molecular weight is 524 g/mol. The van der Waals surface area contributed by atoms with E-state index in [4.69, 9.17) is 18.9 Å². The highest BCUT2D eigenvalue weighted by Gasteiger charge is 2.22. The SMILES string of the molecule is COc1cc(/C=N/N(C(=O)c2ccc(OC(C)C)cc2)c2nc3ccc(F)cc3s2)cc(OC)c1OC. The number of benzene rings is 3. The molecule has 0 bridgehead atoms. The summed E-state index contributed by atoms with van der Waals surface area (Å²) < 4.78 is 36.3. The second-order valence-corrected chi connectivity index (χ2v) is 9.13. The molecular weight excluding hydrogens is 497 g/mol. The Morgan fingerprint density at radius 3 is 2.27 bits per heavy atom. The van der Waals surface area contributed by atoms with Crippen molar-refractivity contribution in [1.82, 2.24) is 4.98 Å². The smallest absolute Gasteiger partial charge is 0.280 e. The van der Waals surface area contributed by atoms with Crippen LogP contribution in [0.5, 0.6) is 23.0 Å². The number of carbonyl (C=O) groups is 1. The van der Waals surface area contributed by atoms with E-state index >= 15 is 0 Å². The van der Waals surface area contributed by atoms with Crippen LogP contribution in [0, 0.1) is 5.82 Å². The third-order valence-electron chi connectivity index (χ3n) is 5.20. The van der Waals surface area contributed by atoms with Crippen molar-refractivity contribution in [2.24, 2.45) is 5.10 Å². The highest BCUT2D eigenvalue weighted by Crippen LogP contribution is 2.38. The lowest BCUT2D eigenvalue weighted by Gasteiger charge is -2.15. The maximum atomic E-state index is 13.8. The molecule has 1 aromatic heterocycles. The Bertz CT molecular complexity index is 1410. The minimum atomic E-state index is -0.417. The number of methoxy groups -OCH3 is 3. The number of thiazole rings is 1. The van der Waals surface area contributed by atoms with Gasteiger partial charge in [0, 0.05) is 11.1 Å². The quantitative estimate of drug-likeness (QED) is 0.200. The first kappa shape index (κ1) is 25.9. The minimum Gasteiger partial charge on any atom is -0.493 e. The molecule has 1 heterocycles. The molecule has 1 amide bonds. The van der Waals surface area contributed by atoms with E-state index in [2.05, 4.69) is 10.1 Å². The Hall–Kier alpha value is -4.18. The second kappa shape index (κ2) is 11.3. The van der Waals surface area contributed by atoms with E-state index in [9.17, 15) is 9.18 Å². The number of carbonyl (C=O) groups excluding carboxylic acids is 1. The van der Waals surface area contributed by atoms with Crippen LogP contribution < -0.4 is 24.0 Å². The van der Waals surface area contributed by atoms with Crippen molar-refractivity contribution >= 4 is 38.8 Å². The van der Waals surface area contributed by atoms with Crippen molar-refractivity contribution in [1.29, 1.82) is 0 Å². The average Bonchev–Trinajstić information content (AvgIpc) is 3.30. The topological polar surface area (TPSA) is 82.5 Å². The van der Waals surface area contributed by atoms with Crippen LogP contribution in [0.25, 0.3) is 10.2 Å². The molecule has 0 atom stereocenters. The number of hydrogen-bond acceptors (Lipinski definition) is 8. The van der Waals surface area contributed by atoms with Gasteiger partial charge in [0.25, 0.3) is 5.91 Å². The molecule has 0 spiro atoms. The molecule has 8 nitrogen and oxygen atoms in total. The number of amides is 1. The fraction of sp³-hybridized carbons (Fsp3) is 0.222. The predicted molar refractivity (Wildman–Crippen MR) is 142 cm³/mol. The van der Waals surface area contributed by atoms with Gasteiger partial charge in [-0.1, -0.05) is 11.3 Å². The monoisotopic (exact) mass is 523 g/mol. The zero-order valence-electron chi connectivity index (χ0n) is 21.0. The van der Waals surface area contributed by atoms with Gasteiger partial charge in [0.2, 0.25) is 10.9 Å². The third-order valence-corrected chi connectivity index (χ3v) is 6.19. The Labute approximate surface area is 217 Å². The van der Waals surface area contributed by atoms with Gasteiger partial charge in [0.15, 0.2) is 11.5 Å². The summed E-state index contributed by atoms with van der Waals surface area (Å²) in [7, 11) is 4.55. The molecule has 0 N–H and O–H groups in total.